The molecular formula is C12H13NS. The third-order valence-electron chi connectivity index (χ3n) is 2.31. The summed E-state index contributed by atoms with van der Waals surface area (Å²) in [5, 5.41) is 2.98. The van der Waals surface area contributed by atoms with Crippen LogP contribution in [0.15, 0.2) is 29.6 Å². The fraction of sp³-hybridized carbons (Fsp3) is 0.167. The van der Waals surface area contributed by atoms with E-state index >= 15 is 0 Å². The van der Waals surface area contributed by atoms with Crippen molar-refractivity contribution in [2.45, 2.75) is 13.8 Å². The summed E-state index contributed by atoms with van der Waals surface area (Å²) in [5.41, 5.74) is 10.8. The maximum absolute atomic E-state index is 5.71. The van der Waals surface area contributed by atoms with Gasteiger partial charge in [0.25, 0.3) is 0 Å². The van der Waals surface area contributed by atoms with Gasteiger partial charge in [-0.2, -0.15) is 0 Å². The van der Waals surface area contributed by atoms with Gasteiger partial charge in [-0.15, -0.1) is 11.3 Å². The van der Waals surface area contributed by atoms with Crippen LogP contribution in [-0.2, 0) is 0 Å². The van der Waals surface area contributed by atoms with E-state index in [0.29, 0.717) is 0 Å². The van der Waals surface area contributed by atoms with Crippen LogP contribution in [0, 0.1) is 13.8 Å². The Morgan fingerprint density at radius 2 is 1.93 bits per heavy atom. The van der Waals surface area contributed by atoms with Gasteiger partial charge in [-0.25, -0.2) is 0 Å². The van der Waals surface area contributed by atoms with Gasteiger partial charge in [0.2, 0.25) is 0 Å². The molecule has 0 saturated carbocycles. The largest absolute Gasteiger partial charge is 0.391 e. The Morgan fingerprint density at radius 3 is 2.50 bits per heavy atom. The van der Waals surface area contributed by atoms with Crippen LogP contribution >= 0.6 is 11.3 Å². The predicted octanol–water partition coefficient (Wildman–Crippen LogP) is 3.61. The molecule has 1 heterocycles. The van der Waals surface area contributed by atoms with Crippen molar-refractivity contribution < 1.29 is 0 Å². The molecule has 0 unspecified atom stereocenters. The highest BCUT2D eigenvalue weighted by atomic mass is 32.1. The molecule has 72 valence electrons. The Morgan fingerprint density at radius 1 is 1.14 bits per heavy atom. The minimum Gasteiger partial charge on any atom is -0.391 e. The lowest BCUT2D eigenvalue weighted by molar-refractivity contribution is 1.39. The zero-order valence-corrected chi connectivity index (χ0v) is 9.19. The standard InChI is InChI=1S/C12H13NS/c1-8-3-4-11(9(2)5-8)10-6-12(13)14-7-10/h3-7H,13H2,1-2H3. The van der Waals surface area contributed by atoms with E-state index < -0.39 is 0 Å². The molecule has 0 bridgehead atoms. The van der Waals surface area contributed by atoms with E-state index in [1.807, 2.05) is 6.07 Å². The number of nitrogen functional groups attached to an aromatic ring is 1. The molecule has 0 radical (unpaired) electrons. The van der Waals surface area contributed by atoms with Crippen molar-refractivity contribution in [1.82, 2.24) is 0 Å². The number of nitrogens with two attached hydrogens (primary N) is 1. The van der Waals surface area contributed by atoms with E-state index in [1.54, 1.807) is 11.3 Å². The Bertz CT molecular complexity index is 457. The quantitative estimate of drug-likeness (QED) is 0.752. The van der Waals surface area contributed by atoms with Crippen molar-refractivity contribution in [2.75, 3.05) is 5.73 Å². The van der Waals surface area contributed by atoms with E-state index in [-0.39, 0.29) is 0 Å². The lowest BCUT2D eigenvalue weighted by Crippen LogP contribution is -1.82. The van der Waals surface area contributed by atoms with Crippen LogP contribution in [-0.4, -0.2) is 0 Å². The maximum atomic E-state index is 5.71. The Balaban J connectivity index is 2.52. The van der Waals surface area contributed by atoms with Crippen molar-refractivity contribution in [3.05, 3.63) is 40.8 Å². The van der Waals surface area contributed by atoms with E-state index in [2.05, 4.69) is 37.4 Å². The number of benzene rings is 1. The zero-order chi connectivity index (χ0) is 10.1. The number of hydrogen-bond donors (Lipinski definition) is 1. The van der Waals surface area contributed by atoms with Crippen LogP contribution < -0.4 is 5.73 Å². The summed E-state index contributed by atoms with van der Waals surface area (Å²) in [6.45, 7) is 4.24. The zero-order valence-electron chi connectivity index (χ0n) is 8.37. The molecule has 2 aromatic rings. The van der Waals surface area contributed by atoms with Gasteiger partial charge in [-0.1, -0.05) is 23.8 Å². The van der Waals surface area contributed by atoms with Crippen LogP contribution in [0.1, 0.15) is 11.1 Å². The SMILES string of the molecule is Cc1ccc(-c2csc(N)c2)c(C)c1. The summed E-state index contributed by atoms with van der Waals surface area (Å²) < 4.78 is 0. The Labute approximate surface area is 88.2 Å². The van der Waals surface area contributed by atoms with Gasteiger partial charge in [0.1, 0.15) is 0 Å². The molecule has 0 aliphatic rings. The van der Waals surface area contributed by atoms with Gasteiger partial charge >= 0.3 is 0 Å². The second-order valence-corrected chi connectivity index (χ2v) is 4.50. The maximum Gasteiger partial charge on any atom is 0.0862 e. The van der Waals surface area contributed by atoms with Gasteiger partial charge in [0, 0.05) is 5.38 Å². The average Bonchev–Trinajstić information content (AvgIpc) is 2.51. The molecule has 2 N–H and O–H groups in total. The minimum atomic E-state index is 0.875. The van der Waals surface area contributed by atoms with Crippen LogP contribution in [0.2, 0.25) is 0 Å². The number of anilines is 1. The van der Waals surface area contributed by atoms with Crippen LogP contribution in [0.25, 0.3) is 11.1 Å². The summed E-state index contributed by atoms with van der Waals surface area (Å²) in [4.78, 5) is 0. The second kappa shape index (κ2) is 3.46. The molecule has 0 saturated heterocycles. The molecule has 1 nitrogen and oxygen atoms in total. The highest BCUT2D eigenvalue weighted by Crippen LogP contribution is 2.29. The first kappa shape index (κ1) is 9.28. The summed E-state index contributed by atoms with van der Waals surface area (Å²) in [6, 6.07) is 8.52. The number of aryl methyl sites for hydroxylation is 2. The minimum absolute atomic E-state index is 0.875. The molecule has 14 heavy (non-hydrogen) atoms. The third kappa shape index (κ3) is 1.66. The fourth-order valence-electron chi connectivity index (χ4n) is 1.63. The first-order valence-electron chi connectivity index (χ1n) is 4.58. The smallest absolute Gasteiger partial charge is 0.0862 e. The molecule has 0 fully saturated rings. The van der Waals surface area contributed by atoms with Crippen molar-refractivity contribution in [1.29, 1.82) is 0 Å². The molecule has 2 rings (SSSR count). The summed E-state index contributed by atoms with van der Waals surface area (Å²) in [6.07, 6.45) is 0. The highest BCUT2D eigenvalue weighted by molar-refractivity contribution is 7.14. The molecule has 1 aromatic heterocycles. The van der Waals surface area contributed by atoms with E-state index in [0.717, 1.165) is 5.00 Å². The van der Waals surface area contributed by atoms with Gasteiger partial charge in [0.15, 0.2) is 0 Å². The average molecular weight is 203 g/mol. The van der Waals surface area contributed by atoms with E-state index in [1.165, 1.54) is 22.3 Å². The third-order valence-corrected chi connectivity index (χ3v) is 3.07. The molecule has 0 aliphatic heterocycles. The van der Waals surface area contributed by atoms with Crippen LogP contribution in [0.5, 0.6) is 0 Å². The number of rotatable bonds is 1. The molecule has 0 aliphatic carbocycles. The molecule has 2 heteroatoms. The molecular weight excluding hydrogens is 190 g/mol. The summed E-state index contributed by atoms with van der Waals surface area (Å²) in [5.74, 6) is 0. The predicted molar refractivity (Wildman–Crippen MR) is 63.6 cm³/mol. The fourth-order valence-corrected chi connectivity index (χ4v) is 2.28. The first-order chi connectivity index (χ1) is 6.66. The monoisotopic (exact) mass is 203 g/mol. The van der Waals surface area contributed by atoms with Crippen LogP contribution in [0.3, 0.4) is 0 Å². The molecule has 0 amide bonds. The van der Waals surface area contributed by atoms with Crippen molar-refractivity contribution >= 4 is 16.3 Å². The molecule has 0 spiro atoms. The number of thiophene rings is 1. The first-order valence-corrected chi connectivity index (χ1v) is 5.46. The van der Waals surface area contributed by atoms with Gasteiger partial charge in [0.05, 0.1) is 5.00 Å². The van der Waals surface area contributed by atoms with Gasteiger partial charge < -0.3 is 5.73 Å². The molecule has 0 atom stereocenters. The summed E-state index contributed by atoms with van der Waals surface area (Å²) in [7, 11) is 0. The lowest BCUT2D eigenvalue weighted by Gasteiger charge is -2.04. The van der Waals surface area contributed by atoms with Crippen molar-refractivity contribution in [3.8, 4) is 11.1 Å². The van der Waals surface area contributed by atoms with Crippen LogP contribution in [0.4, 0.5) is 5.00 Å². The molecule has 1 aromatic carbocycles. The second-order valence-electron chi connectivity index (χ2n) is 3.56. The topological polar surface area (TPSA) is 26.0 Å². The van der Waals surface area contributed by atoms with Gasteiger partial charge in [-0.05, 0) is 36.6 Å². The lowest BCUT2D eigenvalue weighted by atomic mass is 10.0. The Kier molecular flexibility index (Phi) is 2.30. The number of hydrogen-bond acceptors (Lipinski definition) is 2. The van der Waals surface area contributed by atoms with E-state index in [9.17, 15) is 0 Å². The summed E-state index contributed by atoms with van der Waals surface area (Å²) >= 11 is 1.59. The normalized spacial score (nSPS) is 10.4. The van der Waals surface area contributed by atoms with Gasteiger partial charge in [-0.3, -0.25) is 0 Å². The van der Waals surface area contributed by atoms with E-state index in [4.69, 9.17) is 5.73 Å². The van der Waals surface area contributed by atoms with Crippen molar-refractivity contribution in [2.24, 2.45) is 0 Å². The Hall–Kier alpha value is -1.28. The van der Waals surface area contributed by atoms with Crippen molar-refractivity contribution in [3.63, 3.8) is 0 Å². The highest BCUT2D eigenvalue weighted by Gasteiger charge is 2.03.